The molecule has 0 saturated carbocycles. The first-order valence-corrected chi connectivity index (χ1v) is 13.6. The van der Waals surface area contributed by atoms with Crippen molar-refractivity contribution in [1.29, 1.82) is 0 Å². The minimum Gasteiger partial charge on any atom is -0.467 e. The van der Waals surface area contributed by atoms with Gasteiger partial charge in [-0.25, -0.2) is 14.8 Å². The third-order valence-corrected chi connectivity index (χ3v) is 7.30. The van der Waals surface area contributed by atoms with Crippen LogP contribution in [0.2, 0.25) is 10.0 Å². The number of imidazole rings is 1. The Morgan fingerprint density at radius 3 is 2.54 bits per heavy atom. The number of fused-ring (bicyclic) bond motifs is 1. The molecule has 0 radical (unpaired) electrons. The number of benzene rings is 3. The molecule has 0 bridgehead atoms. The second-order valence-corrected chi connectivity index (χ2v) is 10.4. The average molecular weight is 583 g/mol. The molecule has 0 spiro atoms. The fourth-order valence-corrected chi connectivity index (χ4v) is 5.20. The number of hydrogen-bond acceptors (Lipinski definition) is 5. The lowest BCUT2D eigenvalue weighted by molar-refractivity contribution is 0.197. The molecule has 1 unspecified atom stereocenters. The zero-order chi connectivity index (χ0) is 28.3. The number of aromatic nitrogens is 3. The highest BCUT2D eigenvalue weighted by atomic mass is 35.5. The first-order chi connectivity index (χ1) is 19.9. The summed E-state index contributed by atoms with van der Waals surface area (Å²) in [6, 6.07) is 26.7. The van der Waals surface area contributed by atoms with Gasteiger partial charge in [0, 0.05) is 40.4 Å². The van der Waals surface area contributed by atoms with E-state index in [1.54, 1.807) is 30.8 Å². The van der Waals surface area contributed by atoms with Crippen LogP contribution in [0.3, 0.4) is 0 Å². The van der Waals surface area contributed by atoms with Crippen LogP contribution in [0, 0.1) is 0 Å². The lowest BCUT2D eigenvalue weighted by Gasteiger charge is -2.20. The molecule has 0 fully saturated rings. The summed E-state index contributed by atoms with van der Waals surface area (Å²) in [4.78, 5) is 21.6. The van der Waals surface area contributed by atoms with Crippen molar-refractivity contribution in [1.82, 2.24) is 19.9 Å². The van der Waals surface area contributed by atoms with Crippen LogP contribution in [0.1, 0.15) is 28.5 Å². The molecule has 1 amide bonds. The van der Waals surface area contributed by atoms with Crippen molar-refractivity contribution < 1.29 is 13.9 Å². The molecule has 0 aliphatic rings. The topological polar surface area (TPSA) is 82.2 Å². The number of furan rings is 1. The molecule has 0 aliphatic heterocycles. The molecule has 6 rings (SSSR count). The van der Waals surface area contributed by atoms with Crippen molar-refractivity contribution in [3.63, 3.8) is 0 Å². The molecule has 6 aromatic rings. The number of nitrogens with zero attached hydrogens (tertiary/aromatic N) is 3. The average Bonchev–Trinajstić information content (AvgIpc) is 3.65. The van der Waals surface area contributed by atoms with Crippen LogP contribution in [0.5, 0.6) is 5.88 Å². The van der Waals surface area contributed by atoms with Gasteiger partial charge in [-0.15, -0.1) is 0 Å². The number of hydrogen-bond donors (Lipinski definition) is 1. The van der Waals surface area contributed by atoms with Gasteiger partial charge < -0.3 is 19.0 Å². The van der Waals surface area contributed by atoms with Crippen LogP contribution >= 0.6 is 23.2 Å². The Morgan fingerprint density at radius 2 is 1.80 bits per heavy atom. The number of ether oxygens (including phenoxy) is 1. The van der Waals surface area contributed by atoms with E-state index in [-0.39, 0.29) is 18.3 Å². The third kappa shape index (κ3) is 5.82. The smallest absolute Gasteiger partial charge is 0.414 e. The van der Waals surface area contributed by atoms with Gasteiger partial charge in [0.1, 0.15) is 5.76 Å². The van der Waals surface area contributed by atoms with E-state index in [0.717, 1.165) is 33.3 Å². The highest BCUT2D eigenvalue weighted by Gasteiger charge is 2.22. The zero-order valence-corrected chi connectivity index (χ0v) is 23.4. The Balaban J connectivity index is 1.44. The van der Waals surface area contributed by atoms with Crippen LogP contribution in [0.15, 0.2) is 108 Å². The van der Waals surface area contributed by atoms with Gasteiger partial charge in [0.25, 0.3) is 0 Å². The number of pyridine rings is 1. The zero-order valence-electron chi connectivity index (χ0n) is 21.9. The number of rotatable bonds is 7. The molecule has 0 aliphatic carbocycles. The van der Waals surface area contributed by atoms with E-state index >= 15 is 0 Å². The van der Waals surface area contributed by atoms with E-state index in [1.807, 2.05) is 78.5 Å². The number of carbonyl (C=O) groups excluding carboxylic acids is 1. The van der Waals surface area contributed by atoms with Crippen molar-refractivity contribution in [3.8, 4) is 17.0 Å². The molecule has 3 aromatic heterocycles. The number of carbonyl (C=O) groups is 1. The van der Waals surface area contributed by atoms with Crippen molar-refractivity contribution in [3.05, 3.63) is 136 Å². The van der Waals surface area contributed by atoms with Gasteiger partial charge in [-0.05, 0) is 70.8 Å². The van der Waals surface area contributed by atoms with E-state index in [9.17, 15) is 4.79 Å². The Kier molecular flexibility index (Phi) is 7.46. The van der Waals surface area contributed by atoms with Crippen molar-refractivity contribution in [2.45, 2.75) is 12.5 Å². The Morgan fingerprint density at radius 1 is 0.976 bits per heavy atom. The van der Waals surface area contributed by atoms with Crippen molar-refractivity contribution >= 4 is 40.2 Å². The highest BCUT2D eigenvalue weighted by Crippen LogP contribution is 2.38. The molecule has 9 heteroatoms. The summed E-state index contributed by atoms with van der Waals surface area (Å²) in [6.07, 6.45) is 4.57. The first kappa shape index (κ1) is 26.6. The van der Waals surface area contributed by atoms with Gasteiger partial charge >= 0.3 is 6.09 Å². The van der Waals surface area contributed by atoms with Gasteiger partial charge in [0.15, 0.2) is 0 Å². The molecule has 1 atom stereocenters. The van der Waals surface area contributed by atoms with Gasteiger partial charge in [-0.3, -0.25) is 0 Å². The molecule has 3 heterocycles. The summed E-state index contributed by atoms with van der Waals surface area (Å²) in [6.45, 7) is 0.198. The van der Waals surface area contributed by atoms with Crippen LogP contribution < -0.4 is 10.1 Å². The quantitative estimate of drug-likeness (QED) is 0.206. The number of nitrogens with one attached hydrogen (secondary N) is 1. The van der Waals surface area contributed by atoms with Gasteiger partial charge in [-0.1, -0.05) is 53.5 Å². The maximum Gasteiger partial charge on any atom is 0.414 e. The van der Waals surface area contributed by atoms with Gasteiger partial charge in [0.2, 0.25) is 5.88 Å². The molecule has 41 heavy (non-hydrogen) atoms. The first-order valence-electron chi connectivity index (χ1n) is 12.8. The van der Waals surface area contributed by atoms with Crippen LogP contribution in [0.4, 0.5) is 4.79 Å². The minimum atomic E-state index is -0.638. The SMILES string of the molecule is Cn1cncc1C(c1ccc(Cl)cc1)c1ccc2nc(OC(=O)NCc3ccco3)cc(-c3cccc(Cl)c3)c2c1. The number of aryl methyl sites for hydroxylation is 1. The van der Waals surface area contributed by atoms with Crippen LogP contribution in [-0.2, 0) is 13.6 Å². The Hall–Kier alpha value is -4.59. The lowest BCUT2D eigenvalue weighted by atomic mass is 9.87. The summed E-state index contributed by atoms with van der Waals surface area (Å²) in [5.74, 6) is 0.668. The standard InChI is InChI=1S/C32H24Cl2N4O3/c1-38-19-35-18-29(38)31(20-7-10-23(33)11-8-20)22-9-12-28-27(15-22)26(21-4-2-5-24(34)14-21)16-30(37-28)41-32(39)36-17-25-6-3-13-40-25/h2-16,18-19,31H,17H2,1H3,(H,36,39). The number of halogens is 2. The molecule has 1 N–H and O–H groups in total. The fourth-order valence-electron chi connectivity index (χ4n) is 4.88. The van der Waals surface area contributed by atoms with Gasteiger partial charge in [-0.2, -0.15) is 0 Å². The van der Waals surface area contributed by atoms with Gasteiger partial charge in [0.05, 0.1) is 30.6 Å². The van der Waals surface area contributed by atoms with Crippen molar-refractivity contribution in [2.24, 2.45) is 7.05 Å². The molecule has 204 valence electrons. The number of amides is 1. The van der Waals surface area contributed by atoms with Crippen LogP contribution in [-0.4, -0.2) is 20.6 Å². The molecular formula is C32H24Cl2N4O3. The highest BCUT2D eigenvalue weighted by molar-refractivity contribution is 6.31. The van der Waals surface area contributed by atoms with E-state index in [4.69, 9.17) is 32.4 Å². The monoisotopic (exact) mass is 582 g/mol. The summed E-state index contributed by atoms with van der Waals surface area (Å²) < 4.78 is 12.9. The van der Waals surface area contributed by atoms with E-state index in [1.165, 1.54) is 0 Å². The predicted octanol–water partition coefficient (Wildman–Crippen LogP) is 8.00. The van der Waals surface area contributed by atoms with E-state index < -0.39 is 6.09 Å². The summed E-state index contributed by atoms with van der Waals surface area (Å²) in [7, 11) is 1.98. The molecule has 3 aromatic carbocycles. The molecular weight excluding hydrogens is 559 g/mol. The second-order valence-electron chi connectivity index (χ2n) is 9.53. The second kappa shape index (κ2) is 11.5. The van der Waals surface area contributed by atoms with Crippen LogP contribution in [0.25, 0.3) is 22.0 Å². The Labute approximate surface area is 246 Å². The maximum atomic E-state index is 12.6. The maximum absolute atomic E-state index is 12.6. The third-order valence-electron chi connectivity index (χ3n) is 6.82. The lowest BCUT2D eigenvalue weighted by Crippen LogP contribution is -2.26. The largest absolute Gasteiger partial charge is 0.467 e. The normalized spacial score (nSPS) is 11.9. The molecule has 0 saturated heterocycles. The Bertz CT molecular complexity index is 1830. The molecule has 7 nitrogen and oxygen atoms in total. The minimum absolute atomic E-state index is 0.111. The van der Waals surface area contributed by atoms with Crippen molar-refractivity contribution in [2.75, 3.05) is 0 Å². The summed E-state index contributed by atoms with van der Waals surface area (Å²) >= 11 is 12.6. The van der Waals surface area contributed by atoms with E-state index in [2.05, 4.69) is 21.4 Å². The van der Waals surface area contributed by atoms with E-state index in [0.29, 0.717) is 21.3 Å². The summed E-state index contributed by atoms with van der Waals surface area (Å²) in [5.41, 5.74) is 5.50. The predicted molar refractivity (Wildman–Crippen MR) is 159 cm³/mol. The fraction of sp³-hybridized carbons (Fsp3) is 0.0938. The summed E-state index contributed by atoms with van der Waals surface area (Å²) in [5, 5.41) is 4.83.